The summed E-state index contributed by atoms with van der Waals surface area (Å²) in [5, 5.41) is 3.33. The van der Waals surface area contributed by atoms with Gasteiger partial charge in [0, 0.05) is 6.54 Å². The minimum absolute atomic E-state index is 0.125. The van der Waals surface area contributed by atoms with E-state index in [0.717, 1.165) is 12.5 Å². The Hall–Kier alpha value is -1.09. The smallest absolute Gasteiger partial charge is 0.269 e. The molecule has 0 aromatic carbocycles. The van der Waals surface area contributed by atoms with Gasteiger partial charge in [-0.2, -0.15) is 0 Å². The summed E-state index contributed by atoms with van der Waals surface area (Å²) in [6.07, 6.45) is 6.33. The van der Waals surface area contributed by atoms with E-state index in [2.05, 4.69) is 17.2 Å². The third-order valence-electron chi connectivity index (χ3n) is 4.04. The van der Waals surface area contributed by atoms with Crippen LogP contribution in [-0.2, 0) is 0 Å². The highest BCUT2D eigenvalue weighted by Crippen LogP contribution is 2.30. The summed E-state index contributed by atoms with van der Waals surface area (Å²) in [5.41, 5.74) is 0.398. The van der Waals surface area contributed by atoms with E-state index in [9.17, 15) is 4.79 Å². The van der Waals surface area contributed by atoms with Crippen LogP contribution in [0.2, 0.25) is 5.15 Å². The summed E-state index contributed by atoms with van der Waals surface area (Å²) in [6.45, 7) is 3.01. The molecular weight excluding hydrogens is 260 g/mol. The summed E-state index contributed by atoms with van der Waals surface area (Å²) in [4.78, 5) is 15.9. The van der Waals surface area contributed by atoms with E-state index < -0.39 is 0 Å². The van der Waals surface area contributed by atoms with Crippen LogP contribution in [0.4, 0.5) is 0 Å². The van der Waals surface area contributed by atoms with E-state index in [1.54, 1.807) is 18.2 Å². The summed E-state index contributed by atoms with van der Waals surface area (Å²) in [7, 11) is 0. The molecular formula is C15H21ClN2O. The van der Waals surface area contributed by atoms with Crippen LogP contribution in [0.5, 0.6) is 0 Å². The molecule has 3 nitrogen and oxygen atoms in total. The van der Waals surface area contributed by atoms with Crippen molar-refractivity contribution in [3.63, 3.8) is 0 Å². The van der Waals surface area contributed by atoms with Crippen LogP contribution in [-0.4, -0.2) is 17.4 Å². The number of nitrogens with one attached hydrogen (secondary N) is 1. The zero-order valence-corrected chi connectivity index (χ0v) is 12.1. The molecule has 1 aliphatic carbocycles. The molecule has 1 heterocycles. The third-order valence-corrected chi connectivity index (χ3v) is 4.25. The van der Waals surface area contributed by atoms with E-state index in [1.807, 2.05) is 0 Å². The maximum Gasteiger partial charge on any atom is 0.269 e. The van der Waals surface area contributed by atoms with Gasteiger partial charge < -0.3 is 5.32 Å². The van der Waals surface area contributed by atoms with E-state index in [0.29, 0.717) is 16.8 Å². The minimum atomic E-state index is -0.125. The van der Waals surface area contributed by atoms with Gasteiger partial charge in [-0.1, -0.05) is 43.9 Å². The molecule has 1 amide bonds. The lowest BCUT2D eigenvalue weighted by Gasteiger charge is -2.27. The first-order valence-corrected chi connectivity index (χ1v) is 7.47. The summed E-state index contributed by atoms with van der Waals surface area (Å²) >= 11 is 5.78. The fourth-order valence-electron chi connectivity index (χ4n) is 2.71. The molecule has 0 atom stereocenters. The summed E-state index contributed by atoms with van der Waals surface area (Å²) < 4.78 is 0. The average molecular weight is 281 g/mol. The molecule has 104 valence electrons. The fourth-order valence-corrected chi connectivity index (χ4v) is 2.87. The van der Waals surface area contributed by atoms with Crippen molar-refractivity contribution in [1.29, 1.82) is 0 Å². The minimum Gasteiger partial charge on any atom is -0.350 e. The van der Waals surface area contributed by atoms with Crippen molar-refractivity contribution in [2.24, 2.45) is 11.8 Å². The fraction of sp³-hybridized carbons (Fsp3) is 0.600. The predicted molar refractivity (Wildman–Crippen MR) is 77.3 cm³/mol. The van der Waals surface area contributed by atoms with Crippen molar-refractivity contribution in [2.75, 3.05) is 6.54 Å². The van der Waals surface area contributed by atoms with Crippen molar-refractivity contribution in [3.05, 3.63) is 29.0 Å². The Morgan fingerprint density at radius 2 is 2.00 bits per heavy atom. The number of pyridine rings is 1. The Morgan fingerprint density at radius 3 is 2.63 bits per heavy atom. The first kappa shape index (κ1) is 14.3. The zero-order chi connectivity index (χ0) is 13.7. The molecule has 19 heavy (non-hydrogen) atoms. The Morgan fingerprint density at radius 1 is 1.32 bits per heavy atom. The van der Waals surface area contributed by atoms with Crippen molar-refractivity contribution < 1.29 is 4.79 Å². The molecule has 1 saturated carbocycles. The van der Waals surface area contributed by atoms with Crippen LogP contribution in [0.3, 0.4) is 0 Å². The second kappa shape index (κ2) is 6.90. The molecule has 0 aliphatic heterocycles. The number of aromatic nitrogens is 1. The Bertz CT molecular complexity index is 428. The number of carbonyl (C=O) groups excluding carboxylic acids is 1. The highest BCUT2D eigenvalue weighted by molar-refractivity contribution is 6.29. The molecule has 0 radical (unpaired) electrons. The van der Waals surface area contributed by atoms with Crippen molar-refractivity contribution in [3.8, 4) is 0 Å². The second-order valence-corrected chi connectivity index (χ2v) is 5.74. The lowest BCUT2D eigenvalue weighted by molar-refractivity contribution is 0.0936. The van der Waals surface area contributed by atoms with Crippen LogP contribution in [0.1, 0.15) is 49.5 Å². The molecule has 4 heteroatoms. The van der Waals surface area contributed by atoms with Gasteiger partial charge in [-0.15, -0.1) is 0 Å². The molecule has 1 aromatic heterocycles. The molecule has 0 unspecified atom stereocenters. The van der Waals surface area contributed by atoms with Crippen LogP contribution in [0, 0.1) is 11.8 Å². The van der Waals surface area contributed by atoms with Crippen LogP contribution >= 0.6 is 11.6 Å². The molecule has 0 saturated heterocycles. The maximum absolute atomic E-state index is 11.9. The Labute approximate surface area is 119 Å². The van der Waals surface area contributed by atoms with Gasteiger partial charge >= 0.3 is 0 Å². The van der Waals surface area contributed by atoms with Gasteiger partial charge in [0.1, 0.15) is 10.8 Å². The van der Waals surface area contributed by atoms with E-state index >= 15 is 0 Å². The normalized spacial score (nSPS) is 23.1. The number of carbonyl (C=O) groups is 1. The number of amides is 1. The number of hydrogen-bond donors (Lipinski definition) is 1. The lowest BCUT2D eigenvalue weighted by atomic mass is 9.81. The lowest BCUT2D eigenvalue weighted by Crippen LogP contribution is -2.31. The Balaban J connectivity index is 1.78. The van der Waals surface area contributed by atoms with Gasteiger partial charge in [0.05, 0.1) is 0 Å². The van der Waals surface area contributed by atoms with Crippen molar-refractivity contribution >= 4 is 17.5 Å². The molecule has 0 spiro atoms. The van der Waals surface area contributed by atoms with Crippen molar-refractivity contribution in [1.82, 2.24) is 10.3 Å². The van der Waals surface area contributed by atoms with Crippen molar-refractivity contribution in [2.45, 2.75) is 39.0 Å². The molecule has 1 N–H and O–H groups in total. The molecule has 1 fully saturated rings. The largest absolute Gasteiger partial charge is 0.350 e. The second-order valence-electron chi connectivity index (χ2n) is 5.35. The SMILES string of the molecule is CCC1CCC(CNC(=O)c2cccc(Cl)n2)CC1. The highest BCUT2D eigenvalue weighted by Gasteiger charge is 2.20. The average Bonchev–Trinajstić information content (AvgIpc) is 2.45. The zero-order valence-electron chi connectivity index (χ0n) is 11.4. The number of nitrogens with zero attached hydrogens (tertiary/aromatic N) is 1. The van der Waals surface area contributed by atoms with E-state index in [4.69, 9.17) is 11.6 Å². The van der Waals surface area contributed by atoms with Gasteiger partial charge in [-0.25, -0.2) is 4.98 Å². The Kier molecular flexibility index (Phi) is 5.20. The van der Waals surface area contributed by atoms with Gasteiger partial charge in [0.25, 0.3) is 5.91 Å². The van der Waals surface area contributed by atoms with Crippen LogP contribution in [0.15, 0.2) is 18.2 Å². The number of halogens is 1. The first-order valence-electron chi connectivity index (χ1n) is 7.09. The maximum atomic E-state index is 11.9. The molecule has 1 aliphatic rings. The van der Waals surface area contributed by atoms with Gasteiger partial charge in [-0.05, 0) is 36.8 Å². The van der Waals surface area contributed by atoms with Gasteiger partial charge in [0.2, 0.25) is 0 Å². The topological polar surface area (TPSA) is 42.0 Å². The van der Waals surface area contributed by atoms with E-state index in [-0.39, 0.29) is 5.91 Å². The highest BCUT2D eigenvalue weighted by atomic mass is 35.5. The monoisotopic (exact) mass is 280 g/mol. The standard InChI is InChI=1S/C15H21ClN2O/c1-2-11-6-8-12(9-7-11)10-17-15(19)13-4-3-5-14(16)18-13/h3-5,11-12H,2,6-10H2,1H3,(H,17,19). The number of hydrogen-bond acceptors (Lipinski definition) is 2. The quantitative estimate of drug-likeness (QED) is 0.855. The molecule has 2 rings (SSSR count). The predicted octanol–water partition coefficient (Wildman–Crippen LogP) is 3.68. The summed E-state index contributed by atoms with van der Waals surface area (Å²) in [6, 6.07) is 5.11. The van der Waals surface area contributed by atoms with Crippen LogP contribution in [0.25, 0.3) is 0 Å². The first-order chi connectivity index (χ1) is 9.19. The molecule has 1 aromatic rings. The van der Waals surface area contributed by atoms with Gasteiger partial charge in [0.15, 0.2) is 0 Å². The van der Waals surface area contributed by atoms with E-state index in [1.165, 1.54) is 32.1 Å². The summed E-state index contributed by atoms with van der Waals surface area (Å²) in [5.74, 6) is 1.38. The third kappa shape index (κ3) is 4.20. The van der Waals surface area contributed by atoms with Crippen LogP contribution < -0.4 is 5.32 Å². The van der Waals surface area contributed by atoms with Gasteiger partial charge in [-0.3, -0.25) is 4.79 Å². The molecule has 0 bridgehead atoms. The number of rotatable bonds is 4.